The summed E-state index contributed by atoms with van der Waals surface area (Å²) >= 11 is 1.36. The summed E-state index contributed by atoms with van der Waals surface area (Å²) in [6.45, 7) is 6.01. The molecule has 0 fully saturated rings. The van der Waals surface area contributed by atoms with E-state index in [1.54, 1.807) is 19.4 Å². The van der Waals surface area contributed by atoms with Gasteiger partial charge >= 0.3 is 0 Å². The number of carbonyl (C=O) groups is 1. The van der Waals surface area contributed by atoms with Gasteiger partial charge in [-0.2, -0.15) is 0 Å². The molecule has 1 aromatic carbocycles. The van der Waals surface area contributed by atoms with Crippen LogP contribution in [0.15, 0.2) is 42.7 Å². The maximum Gasteiger partial charge on any atom is 0.264 e. The molecule has 0 saturated heterocycles. The lowest BCUT2D eigenvalue weighted by Crippen LogP contribution is -2.29. The van der Waals surface area contributed by atoms with Crippen molar-refractivity contribution in [3.63, 3.8) is 0 Å². The van der Waals surface area contributed by atoms with Crippen LogP contribution in [0.5, 0.6) is 0 Å². The zero-order valence-corrected chi connectivity index (χ0v) is 16.1. The van der Waals surface area contributed by atoms with Crippen molar-refractivity contribution in [1.29, 1.82) is 0 Å². The van der Waals surface area contributed by atoms with Crippen molar-refractivity contribution >= 4 is 22.4 Å². The molecule has 0 aliphatic carbocycles. The Balaban J connectivity index is 1.97. The first kappa shape index (κ1) is 18.1. The average Bonchev–Trinajstić information content (AvgIpc) is 3.04. The van der Waals surface area contributed by atoms with Gasteiger partial charge in [0.2, 0.25) is 0 Å². The van der Waals surface area contributed by atoms with Crippen molar-refractivity contribution in [2.75, 3.05) is 12.4 Å². The molecule has 2 aromatic heterocycles. The van der Waals surface area contributed by atoms with Crippen LogP contribution < -0.4 is 10.6 Å². The van der Waals surface area contributed by atoms with Gasteiger partial charge in [0.1, 0.15) is 4.88 Å². The molecule has 0 aliphatic heterocycles. The lowest BCUT2D eigenvalue weighted by Gasteiger charge is -2.20. The molecule has 2 heterocycles. The molecule has 5 nitrogen and oxygen atoms in total. The number of pyridine rings is 1. The standard InChI is InChI=1S/C20H22N4OS/c1-12-5-6-16(11-13(12)2)17(15-7-9-22-10-8-15)24-19(25)18-14(3)23-20(21-4)26-18/h5-11,17H,1-4H3,(H,21,23)(H,24,25). The number of carbonyl (C=O) groups excluding carboxylic acids is 1. The van der Waals surface area contributed by atoms with Crippen molar-refractivity contribution in [3.8, 4) is 0 Å². The van der Waals surface area contributed by atoms with Crippen molar-refractivity contribution in [3.05, 3.63) is 75.6 Å². The van der Waals surface area contributed by atoms with E-state index in [-0.39, 0.29) is 11.9 Å². The fourth-order valence-electron chi connectivity index (χ4n) is 2.77. The zero-order valence-electron chi connectivity index (χ0n) is 15.3. The third-order valence-corrected chi connectivity index (χ3v) is 5.57. The number of amides is 1. The topological polar surface area (TPSA) is 66.9 Å². The summed E-state index contributed by atoms with van der Waals surface area (Å²) in [6, 6.07) is 9.88. The first-order valence-corrected chi connectivity index (χ1v) is 9.24. The van der Waals surface area contributed by atoms with Crippen LogP contribution in [-0.2, 0) is 0 Å². The Morgan fingerprint density at radius 3 is 2.38 bits per heavy atom. The Labute approximate surface area is 157 Å². The number of aromatic nitrogens is 2. The number of anilines is 1. The van der Waals surface area contributed by atoms with Gasteiger partial charge in [0.25, 0.3) is 5.91 Å². The molecular formula is C20H22N4OS. The highest BCUT2D eigenvalue weighted by Gasteiger charge is 2.21. The van der Waals surface area contributed by atoms with Crippen LogP contribution in [0, 0.1) is 20.8 Å². The van der Waals surface area contributed by atoms with Gasteiger partial charge in [0, 0.05) is 19.4 Å². The van der Waals surface area contributed by atoms with Crippen molar-refractivity contribution in [2.24, 2.45) is 0 Å². The molecule has 1 amide bonds. The summed E-state index contributed by atoms with van der Waals surface area (Å²) in [5.74, 6) is -0.124. The van der Waals surface area contributed by atoms with Gasteiger partial charge in [-0.3, -0.25) is 9.78 Å². The minimum absolute atomic E-state index is 0.124. The average molecular weight is 366 g/mol. The fraction of sp³-hybridized carbons (Fsp3) is 0.250. The maximum absolute atomic E-state index is 12.9. The molecular weight excluding hydrogens is 344 g/mol. The molecule has 1 unspecified atom stereocenters. The minimum Gasteiger partial charge on any atom is -0.365 e. The summed E-state index contributed by atoms with van der Waals surface area (Å²) in [6.07, 6.45) is 3.49. The number of hydrogen-bond acceptors (Lipinski definition) is 5. The van der Waals surface area contributed by atoms with E-state index in [4.69, 9.17) is 0 Å². The number of nitrogens with one attached hydrogen (secondary N) is 2. The van der Waals surface area contributed by atoms with Crippen LogP contribution in [0.2, 0.25) is 0 Å². The number of hydrogen-bond donors (Lipinski definition) is 2. The third kappa shape index (κ3) is 3.75. The van der Waals surface area contributed by atoms with Gasteiger partial charge in [-0.05, 0) is 55.2 Å². The predicted octanol–water partition coefficient (Wildman–Crippen LogP) is 4.02. The molecule has 134 valence electrons. The van der Waals surface area contributed by atoms with Crippen LogP contribution in [0.4, 0.5) is 5.13 Å². The number of thiazole rings is 1. The molecule has 1 atom stereocenters. The molecule has 0 aliphatic rings. The molecule has 0 bridgehead atoms. The summed E-state index contributed by atoms with van der Waals surface area (Å²) in [5.41, 5.74) is 5.19. The quantitative estimate of drug-likeness (QED) is 0.716. The van der Waals surface area contributed by atoms with Crippen molar-refractivity contribution in [1.82, 2.24) is 15.3 Å². The van der Waals surface area contributed by atoms with Gasteiger partial charge in [-0.15, -0.1) is 0 Å². The lowest BCUT2D eigenvalue weighted by molar-refractivity contribution is 0.0946. The van der Waals surface area contributed by atoms with Crippen molar-refractivity contribution in [2.45, 2.75) is 26.8 Å². The Hall–Kier alpha value is -2.73. The van der Waals surface area contributed by atoms with Gasteiger partial charge in [0.05, 0.1) is 11.7 Å². The molecule has 0 radical (unpaired) electrons. The molecule has 6 heteroatoms. The monoisotopic (exact) mass is 366 g/mol. The van der Waals surface area contributed by atoms with E-state index < -0.39 is 0 Å². The molecule has 26 heavy (non-hydrogen) atoms. The van der Waals surface area contributed by atoms with E-state index in [1.807, 2.05) is 19.1 Å². The van der Waals surface area contributed by atoms with Crippen LogP contribution in [0.3, 0.4) is 0 Å². The van der Waals surface area contributed by atoms with Crippen molar-refractivity contribution < 1.29 is 4.79 Å². The Morgan fingerprint density at radius 1 is 1.04 bits per heavy atom. The van der Waals surface area contributed by atoms with Gasteiger partial charge in [-0.1, -0.05) is 29.5 Å². The van der Waals surface area contributed by atoms with E-state index >= 15 is 0 Å². The van der Waals surface area contributed by atoms with Crippen LogP contribution in [0.25, 0.3) is 0 Å². The smallest absolute Gasteiger partial charge is 0.264 e. The maximum atomic E-state index is 12.9. The van der Waals surface area contributed by atoms with E-state index in [2.05, 4.69) is 52.6 Å². The number of benzene rings is 1. The first-order chi connectivity index (χ1) is 12.5. The lowest BCUT2D eigenvalue weighted by atomic mass is 9.96. The summed E-state index contributed by atoms with van der Waals surface area (Å²) in [4.78, 5) is 22.0. The first-order valence-electron chi connectivity index (χ1n) is 8.42. The second kappa shape index (κ2) is 7.66. The summed E-state index contributed by atoms with van der Waals surface area (Å²) < 4.78 is 0. The summed E-state index contributed by atoms with van der Waals surface area (Å²) in [7, 11) is 1.80. The number of aryl methyl sites for hydroxylation is 3. The highest BCUT2D eigenvalue weighted by atomic mass is 32.1. The van der Waals surface area contributed by atoms with E-state index in [9.17, 15) is 4.79 Å². The minimum atomic E-state index is -0.246. The number of nitrogens with zero attached hydrogens (tertiary/aromatic N) is 2. The van der Waals surface area contributed by atoms with E-state index in [0.29, 0.717) is 4.88 Å². The fourth-order valence-corrected chi connectivity index (χ4v) is 3.59. The Bertz CT molecular complexity index is 921. The normalized spacial score (nSPS) is 11.8. The highest BCUT2D eigenvalue weighted by molar-refractivity contribution is 7.17. The SMILES string of the molecule is CNc1nc(C)c(C(=O)NC(c2ccncc2)c2ccc(C)c(C)c2)s1. The highest BCUT2D eigenvalue weighted by Crippen LogP contribution is 2.27. The molecule has 0 saturated carbocycles. The molecule has 0 spiro atoms. The van der Waals surface area contributed by atoms with Crippen LogP contribution in [0.1, 0.15) is 43.7 Å². The molecule has 3 rings (SSSR count). The Morgan fingerprint density at radius 2 is 1.77 bits per heavy atom. The summed E-state index contributed by atoms with van der Waals surface area (Å²) in [5, 5.41) is 6.89. The molecule has 3 aromatic rings. The van der Waals surface area contributed by atoms with Gasteiger partial charge in [-0.25, -0.2) is 4.98 Å². The second-order valence-corrected chi connectivity index (χ2v) is 7.21. The van der Waals surface area contributed by atoms with E-state index in [1.165, 1.54) is 22.5 Å². The van der Waals surface area contributed by atoms with Crippen LogP contribution in [-0.4, -0.2) is 22.9 Å². The number of rotatable bonds is 5. The third-order valence-electron chi connectivity index (χ3n) is 4.40. The predicted molar refractivity (Wildman–Crippen MR) is 106 cm³/mol. The van der Waals surface area contributed by atoms with Gasteiger partial charge in [0.15, 0.2) is 5.13 Å². The zero-order chi connectivity index (χ0) is 18.7. The van der Waals surface area contributed by atoms with Gasteiger partial charge < -0.3 is 10.6 Å². The van der Waals surface area contributed by atoms with E-state index in [0.717, 1.165) is 22.0 Å². The van der Waals surface area contributed by atoms with Crippen LogP contribution >= 0.6 is 11.3 Å². The molecule has 2 N–H and O–H groups in total. The largest absolute Gasteiger partial charge is 0.365 e. The Kier molecular flexibility index (Phi) is 5.32. The second-order valence-electron chi connectivity index (χ2n) is 6.21.